The lowest BCUT2D eigenvalue weighted by molar-refractivity contribution is -0.136. The Balaban J connectivity index is 1.33. The van der Waals surface area contributed by atoms with Gasteiger partial charge in [-0.05, 0) is 43.0 Å². The van der Waals surface area contributed by atoms with Crippen LogP contribution < -0.4 is 10.1 Å². The minimum atomic E-state index is -0.252. The summed E-state index contributed by atoms with van der Waals surface area (Å²) in [6.45, 7) is 0.988. The number of ether oxygens (including phenoxy) is 1. The second-order valence-corrected chi connectivity index (χ2v) is 6.80. The molecule has 2 N–H and O–H groups in total. The third-order valence-corrected chi connectivity index (χ3v) is 4.88. The van der Waals surface area contributed by atoms with Gasteiger partial charge in [-0.3, -0.25) is 19.3 Å². The molecule has 2 aromatic rings. The standard InChI is InChI=1S/C21H25N3O4/c1-28-16-6-7-18-17(13-16)15(14-23-18)10-11-22-19(25)5-3-2-4-12-24-20(26)8-9-21(24)27/h6-9,13-14,23H,2-5,10-12H2,1H3,(H,22,25). The fraction of sp³-hybridized carbons (Fsp3) is 0.381. The van der Waals surface area contributed by atoms with Gasteiger partial charge in [0.1, 0.15) is 5.75 Å². The monoisotopic (exact) mass is 383 g/mol. The summed E-state index contributed by atoms with van der Waals surface area (Å²) < 4.78 is 5.27. The summed E-state index contributed by atoms with van der Waals surface area (Å²) in [7, 11) is 1.64. The van der Waals surface area contributed by atoms with E-state index in [4.69, 9.17) is 4.74 Å². The van der Waals surface area contributed by atoms with E-state index in [9.17, 15) is 14.4 Å². The fourth-order valence-corrected chi connectivity index (χ4v) is 3.30. The van der Waals surface area contributed by atoms with Gasteiger partial charge >= 0.3 is 0 Å². The van der Waals surface area contributed by atoms with Crippen LogP contribution in [-0.4, -0.2) is 47.8 Å². The summed E-state index contributed by atoms with van der Waals surface area (Å²) >= 11 is 0. The van der Waals surface area contributed by atoms with Crippen LogP contribution in [0.1, 0.15) is 31.2 Å². The summed E-state index contributed by atoms with van der Waals surface area (Å²) in [5, 5.41) is 4.05. The van der Waals surface area contributed by atoms with E-state index >= 15 is 0 Å². The number of benzene rings is 1. The Morgan fingerprint density at radius 1 is 1.14 bits per heavy atom. The molecule has 7 nitrogen and oxygen atoms in total. The number of carbonyl (C=O) groups is 3. The van der Waals surface area contributed by atoms with Crippen LogP contribution in [0.15, 0.2) is 36.5 Å². The van der Waals surface area contributed by atoms with E-state index < -0.39 is 0 Å². The Labute approximate surface area is 163 Å². The molecule has 28 heavy (non-hydrogen) atoms. The number of hydrogen-bond donors (Lipinski definition) is 2. The topological polar surface area (TPSA) is 91.5 Å². The SMILES string of the molecule is COc1ccc2[nH]cc(CCNC(=O)CCCCCN3C(=O)C=CC3=O)c2c1. The van der Waals surface area contributed by atoms with Crippen LogP contribution in [0.3, 0.4) is 0 Å². The van der Waals surface area contributed by atoms with Gasteiger partial charge in [-0.15, -0.1) is 0 Å². The third-order valence-electron chi connectivity index (χ3n) is 4.88. The lowest BCUT2D eigenvalue weighted by Crippen LogP contribution is -2.30. The molecule has 3 amide bonds. The first-order chi connectivity index (χ1) is 13.6. The quantitative estimate of drug-likeness (QED) is 0.487. The largest absolute Gasteiger partial charge is 0.497 e. The van der Waals surface area contributed by atoms with Gasteiger partial charge in [0.2, 0.25) is 5.91 Å². The van der Waals surface area contributed by atoms with E-state index in [1.54, 1.807) is 7.11 Å². The molecule has 0 atom stereocenters. The summed E-state index contributed by atoms with van der Waals surface area (Å²) in [6.07, 6.45) is 7.98. The molecule has 1 aromatic heterocycles. The van der Waals surface area contributed by atoms with Gasteiger partial charge < -0.3 is 15.0 Å². The molecule has 0 saturated carbocycles. The maximum atomic E-state index is 12.0. The highest BCUT2D eigenvalue weighted by Crippen LogP contribution is 2.23. The van der Waals surface area contributed by atoms with Crippen molar-refractivity contribution >= 4 is 28.6 Å². The first-order valence-electron chi connectivity index (χ1n) is 9.52. The highest BCUT2D eigenvalue weighted by Gasteiger charge is 2.22. The number of nitrogens with zero attached hydrogens (tertiary/aromatic N) is 1. The maximum absolute atomic E-state index is 12.0. The van der Waals surface area contributed by atoms with E-state index in [0.29, 0.717) is 25.9 Å². The Morgan fingerprint density at radius 2 is 1.93 bits per heavy atom. The second kappa shape index (κ2) is 9.21. The first-order valence-corrected chi connectivity index (χ1v) is 9.52. The molecule has 0 spiro atoms. The van der Waals surface area contributed by atoms with Crippen molar-refractivity contribution in [2.45, 2.75) is 32.1 Å². The fourth-order valence-electron chi connectivity index (χ4n) is 3.30. The minimum absolute atomic E-state index is 0.0208. The number of nitrogens with one attached hydrogen (secondary N) is 2. The average Bonchev–Trinajstić information content (AvgIpc) is 3.24. The molecule has 0 fully saturated rings. The van der Waals surface area contributed by atoms with Gasteiger partial charge in [0, 0.05) is 48.8 Å². The van der Waals surface area contributed by atoms with E-state index in [0.717, 1.165) is 41.5 Å². The summed E-state index contributed by atoms with van der Waals surface area (Å²) in [5.41, 5.74) is 2.19. The van der Waals surface area contributed by atoms with Crippen LogP contribution in [0.4, 0.5) is 0 Å². The molecule has 148 valence electrons. The Hall–Kier alpha value is -3.09. The first kappa shape index (κ1) is 19.7. The molecule has 7 heteroatoms. The van der Waals surface area contributed by atoms with Crippen LogP contribution in [-0.2, 0) is 20.8 Å². The number of hydrogen-bond acceptors (Lipinski definition) is 4. The molecule has 0 radical (unpaired) electrons. The molecule has 0 unspecified atom stereocenters. The molecule has 2 heterocycles. The van der Waals surface area contributed by atoms with Gasteiger partial charge in [0.25, 0.3) is 11.8 Å². The van der Waals surface area contributed by atoms with Gasteiger partial charge in [-0.1, -0.05) is 6.42 Å². The van der Waals surface area contributed by atoms with E-state index in [1.807, 2.05) is 24.4 Å². The van der Waals surface area contributed by atoms with Crippen molar-refractivity contribution in [2.24, 2.45) is 0 Å². The normalized spacial score (nSPS) is 13.5. The van der Waals surface area contributed by atoms with Gasteiger partial charge in [-0.25, -0.2) is 0 Å². The number of methoxy groups -OCH3 is 1. The zero-order chi connectivity index (χ0) is 19.9. The lowest BCUT2D eigenvalue weighted by Gasteiger charge is -2.13. The Kier molecular flexibility index (Phi) is 6.47. The number of unbranched alkanes of at least 4 members (excludes halogenated alkanes) is 2. The van der Waals surface area contributed by atoms with Crippen molar-refractivity contribution in [3.63, 3.8) is 0 Å². The molecule has 0 saturated heterocycles. The van der Waals surface area contributed by atoms with Crippen LogP contribution >= 0.6 is 0 Å². The summed E-state index contributed by atoms with van der Waals surface area (Å²) in [4.78, 5) is 39.3. The smallest absolute Gasteiger partial charge is 0.253 e. The zero-order valence-corrected chi connectivity index (χ0v) is 16.0. The molecule has 3 rings (SSSR count). The van der Waals surface area contributed by atoms with Crippen molar-refractivity contribution in [3.05, 3.63) is 42.1 Å². The molecule has 1 aromatic carbocycles. The number of imide groups is 1. The highest BCUT2D eigenvalue weighted by atomic mass is 16.5. The number of fused-ring (bicyclic) bond motifs is 1. The molecule has 0 aliphatic carbocycles. The zero-order valence-electron chi connectivity index (χ0n) is 16.0. The number of aromatic nitrogens is 1. The average molecular weight is 383 g/mol. The Morgan fingerprint density at radius 3 is 2.68 bits per heavy atom. The number of carbonyl (C=O) groups excluding carboxylic acids is 3. The van der Waals surface area contributed by atoms with Crippen molar-refractivity contribution in [2.75, 3.05) is 20.2 Å². The van der Waals surface area contributed by atoms with Crippen molar-refractivity contribution in [1.82, 2.24) is 15.2 Å². The van der Waals surface area contributed by atoms with Gasteiger partial charge in [0.15, 0.2) is 0 Å². The van der Waals surface area contributed by atoms with Gasteiger partial charge in [0.05, 0.1) is 7.11 Å². The molecule has 1 aliphatic heterocycles. The number of rotatable bonds is 10. The Bertz CT molecular complexity index is 882. The van der Waals surface area contributed by atoms with Crippen LogP contribution in [0.25, 0.3) is 10.9 Å². The summed E-state index contributed by atoms with van der Waals surface area (Å²) in [6, 6.07) is 5.89. The van der Waals surface area contributed by atoms with E-state index in [1.165, 1.54) is 17.1 Å². The predicted octanol–water partition coefficient (Wildman–Crippen LogP) is 2.32. The predicted molar refractivity (Wildman–Crippen MR) is 106 cm³/mol. The van der Waals surface area contributed by atoms with E-state index in [-0.39, 0.29) is 17.7 Å². The van der Waals surface area contributed by atoms with Crippen molar-refractivity contribution in [3.8, 4) is 5.75 Å². The number of aromatic amines is 1. The molecule has 1 aliphatic rings. The molecule has 0 bridgehead atoms. The molecular weight excluding hydrogens is 358 g/mol. The second-order valence-electron chi connectivity index (χ2n) is 6.80. The molecular formula is C21H25N3O4. The summed E-state index contributed by atoms with van der Waals surface area (Å²) in [5.74, 6) is 0.327. The van der Waals surface area contributed by atoms with E-state index in [2.05, 4.69) is 10.3 Å². The van der Waals surface area contributed by atoms with Gasteiger partial charge in [-0.2, -0.15) is 0 Å². The number of amides is 3. The van der Waals surface area contributed by atoms with Crippen molar-refractivity contribution < 1.29 is 19.1 Å². The van der Waals surface area contributed by atoms with Crippen LogP contribution in [0.5, 0.6) is 5.75 Å². The lowest BCUT2D eigenvalue weighted by atomic mass is 10.1. The van der Waals surface area contributed by atoms with Crippen LogP contribution in [0.2, 0.25) is 0 Å². The van der Waals surface area contributed by atoms with Crippen LogP contribution in [0, 0.1) is 0 Å². The highest BCUT2D eigenvalue weighted by molar-refractivity contribution is 6.12. The minimum Gasteiger partial charge on any atom is -0.497 e. The third kappa shape index (κ3) is 4.79. The van der Waals surface area contributed by atoms with Crippen molar-refractivity contribution in [1.29, 1.82) is 0 Å². The number of H-pyrrole nitrogens is 1. The maximum Gasteiger partial charge on any atom is 0.253 e.